The van der Waals surface area contributed by atoms with Gasteiger partial charge in [-0.05, 0) is 32.7 Å². The van der Waals surface area contributed by atoms with Crippen LogP contribution in [0.3, 0.4) is 0 Å². The van der Waals surface area contributed by atoms with Crippen LogP contribution in [0.2, 0.25) is 0 Å². The molecule has 0 radical (unpaired) electrons. The topological polar surface area (TPSA) is 24.5 Å². The van der Waals surface area contributed by atoms with Gasteiger partial charge in [0.2, 0.25) is 0 Å². The van der Waals surface area contributed by atoms with Crippen molar-refractivity contribution in [3.05, 3.63) is 0 Å². The molecule has 96 valence electrons. The lowest BCUT2D eigenvalue weighted by Crippen LogP contribution is -2.56. The Hall–Kier alpha value is -0.120. The van der Waals surface area contributed by atoms with E-state index >= 15 is 0 Å². The largest absolute Gasteiger partial charge is 0.383 e. The van der Waals surface area contributed by atoms with E-state index in [-0.39, 0.29) is 5.54 Å². The second-order valence-electron chi connectivity index (χ2n) is 5.62. The molecule has 0 amide bonds. The Labute approximate surface area is 101 Å². The molecule has 16 heavy (non-hydrogen) atoms. The summed E-state index contributed by atoms with van der Waals surface area (Å²) in [5.41, 5.74) is 0.167. The summed E-state index contributed by atoms with van der Waals surface area (Å²) in [7, 11) is 1.79. The fourth-order valence-electron chi connectivity index (χ4n) is 2.71. The Bertz CT molecular complexity index is 206. The molecule has 1 aliphatic heterocycles. The predicted molar refractivity (Wildman–Crippen MR) is 68.8 cm³/mol. The van der Waals surface area contributed by atoms with E-state index in [1.165, 1.54) is 19.5 Å². The summed E-state index contributed by atoms with van der Waals surface area (Å²) in [6, 6.07) is 0.694. The third kappa shape index (κ3) is 3.44. The van der Waals surface area contributed by atoms with Gasteiger partial charge >= 0.3 is 0 Å². The average molecular weight is 228 g/mol. The number of rotatable bonds is 5. The number of hydrogen-bond acceptors (Lipinski definition) is 3. The summed E-state index contributed by atoms with van der Waals surface area (Å²) in [4.78, 5) is 2.56. The second-order valence-corrected chi connectivity index (χ2v) is 5.62. The molecule has 1 rings (SSSR count). The van der Waals surface area contributed by atoms with Gasteiger partial charge in [0, 0.05) is 31.8 Å². The molecule has 0 aromatic heterocycles. The van der Waals surface area contributed by atoms with Crippen LogP contribution in [-0.4, -0.2) is 49.8 Å². The lowest BCUT2D eigenvalue weighted by Gasteiger charge is -2.45. The molecule has 0 spiro atoms. The van der Waals surface area contributed by atoms with Crippen molar-refractivity contribution in [3.63, 3.8) is 0 Å². The maximum atomic E-state index is 5.31. The van der Waals surface area contributed by atoms with Crippen molar-refractivity contribution in [2.24, 2.45) is 5.92 Å². The van der Waals surface area contributed by atoms with E-state index in [9.17, 15) is 0 Å². The smallest absolute Gasteiger partial charge is 0.0641 e. The van der Waals surface area contributed by atoms with E-state index < -0.39 is 0 Å². The predicted octanol–water partition coefficient (Wildman–Crippen LogP) is 1.73. The minimum absolute atomic E-state index is 0.167. The molecule has 2 atom stereocenters. The maximum Gasteiger partial charge on any atom is 0.0641 e. The fourth-order valence-corrected chi connectivity index (χ4v) is 2.71. The first-order valence-electron chi connectivity index (χ1n) is 6.48. The lowest BCUT2D eigenvalue weighted by atomic mass is 9.90. The summed E-state index contributed by atoms with van der Waals surface area (Å²) in [5, 5.41) is 3.58. The van der Waals surface area contributed by atoms with E-state index in [0.29, 0.717) is 6.04 Å². The second kappa shape index (κ2) is 5.99. The monoisotopic (exact) mass is 228 g/mol. The van der Waals surface area contributed by atoms with E-state index in [4.69, 9.17) is 4.74 Å². The highest BCUT2D eigenvalue weighted by Crippen LogP contribution is 2.24. The van der Waals surface area contributed by atoms with Gasteiger partial charge in [0.15, 0.2) is 0 Å². The number of piperidine rings is 1. The first kappa shape index (κ1) is 13.9. The van der Waals surface area contributed by atoms with Crippen molar-refractivity contribution in [1.82, 2.24) is 10.2 Å². The normalized spacial score (nSPS) is 28.3. The first-order chi connectivity index (χ1) is 7.51. The first-order valence-corrected chi connectivity index (χ1v) is 6.48. The molecule has 0 aliphatic carbocycles. The van der Waals surface area contributed by atoms with Gasteiger partial charge in [-0.3, -0.25) is 4.90 Å². The zero-order valence-corrected chi connectivity index (χ0v) is 11.5. The minimum atomic E-state index is 0.167. The van der Waals surface area contributed by atoms with Crippen LogP contribution < -0.4 is 5.32 Å². The van der Waals surface area contributed by atoms with Crippen molar-refractivity contribution in [3.8, 4) is 0 Å². The Morgan fingerprint density at radius 2 is 2.12 bits per heavy atom. The fraction of sp³-hybridized carbons (Fsp3) is 1.00. The van der Waals surface area contributed by atoms with Crippen molar-refractivity contribution in [2.45, 2.75) is 45.7 Å². The summed E-state index contributed by atoms with van der Waals surface area (Å²) in [6.45, 7) is 13.3. The van der Waals surface area contributed by atoms with Gasteiger partial charge in [0.25, 0.3) is 0 Å². The van der Waals surface area contributed by atoms with Gasteiger partial charge in [-0.1, -0.05) is 13.8 Å². The van der Waals surface area contributed by atoms with Gasteiger partial charge in [0.1, 0.15) is 0 Å². The molecule has 1 aliphatic rings. The minimum Gasteiger partial charge on any atom is -0.383 e. The van der Waals surface area contributed by atoms with Crippen LogP contribution in [0.25, 0.3) is 0 Å². The molecular weight excluding hydrogens is 200 g/mol. The maximum absolute atomic E-state index is 5.31. The van der Waals surface area contributed by atoms with Crippen LogP contribution in [0.4, 0.5) is 0 Å². The van der Waals surface area contributed by atoms with Crippen LogP contribution in [0.5, 0.6) is 0 Å². The highest BCUT2D eigenvalue weighted by atomic mass is 16.5. The van der Waals surface area contributed by atoms with Gasteiger partial charge in [0.05, 0.1) is 6.61 Å². The standard InChI is InChI=1S/C13H28N2O/c1-6-14-12-7-8-15(9-11(12)2)13(3,4)10-16-5/h11-12,14H,6-10H2,1-5H3. The molecule has 1 N–H and O–H groups in total. The molecule has 2 unspecified atom stereocenters. The van der Waals surface area contributed by atoms with Gasteiger partial charge in [-0.15, -0.1) is 0 Å². The molecule has 0 bridgehead atoms. The van der Waals surface area contributed by atoms with Crippen LogP contribution >= 0.6 is 0 Å². The van der Waals surface area contributed by atoms with Crippen molar-refractivity contribution in [2.75, 3.05) is 33.4 Å². The molecule has 3 heteroatoms. The lowest BCUT2D eigenvalue weighted by molar-refractivity contribution is 0.00165. The van der Waals surface area contributed by atoms with Gasteiger partial charge in [-0.2, -0.15) is 0 Å². The van der Waals surface area contributed by atoms with Gasteiger partial charge < -0.3 is 10.1 Å². The number of ether oxygens (including phenoxy) is 1. The SMILES string of the molecule is CCNC1CCN(C(C)(C)COC)CC1C. The number of hydrogen-bond donors (Lipinski definition) is 1. The Morgan fingerprint density at radius 1 is 1.44 bits per heavy atom. The highest BCUT2D eigenvalue weighted by Gasteiger charge is 2.33. The summed E-state index contributed by atoms with van der Waals surface area (Å²) >= 11 is 0. The molecular formula is C13H28N2O. The zero-order valence-electron chi connectivity index (χ0n) is 11.5. The summed E-state index contributed by atoms with van der Waals surface area (Å²) in [5.74, 6) is 0.727. The van der Waals surface area contributed by atoms with E-state index in [1.807, 2.05) is 0 Å². The van der Waals surface area contributed by atoms with Crippen LogP contribution in [0.15, 0.2) is 0 Å². The number of methoxy groups -OCH3 is 1. The summed E-state index contributed by atoms with van der Waals surface area (Å²) < 4.78 is 5.31. The van der Waals surface area contributed by atoms with Crippen molar-refractivity contribution >= 4 is 0 Å². The third-order valence-corrected chi connectivity index (χ3v) is 3.73. The Morgan fingerprint density at radius 3 is 2.62 bits per heavy atom. The van der Waals surface area contributed by atoms with Crippen LogP contribution in [-0.2, 0) is 4.74 Å². The quantitative estimate of drug-likeness (QED) is 0.775. The average Bonchev–Trinajstić information content (AvgIpc) is 2.21. The molecule has 1 saturated heterocycles. The molecule has 0 saturated carbocycles. The Kier molecular flexibility index (Phi) is 5.22. The number of likely N-dealkylation sites (tertiary alicyclic amines) is 1. The highest BCUT2D eigenvalue weighted by molar-refractivity contribution is 4.90. The molecule has 1 fully saturated rings. The van der Waals surface area contributed by atoms with Gasteiger partial charge in [-0.25, -0.2) is 0 Å². The van der Waals surface area contributed by atoms with Crippen molar-refractivity contribution < 1.29 is 4.74 Å². The molecule has 1 heterocycles. The summed E-state index contributed by atoms with van der Waals surface area (Å²) in [6.07, 6.45) is 1.25. The molecule has 0 aromatic rings. The van der Waals surface area contributed by atoms with Crippen molar-refractivity contribution in [1.29, 1.82) is 0 Å². The zero-order chi connectivity index (χ0) is 12.2. The van der Waals surface area contributed by atoms with E-state index in [0.717, 1.165) is 19.1 Å². The Balaban J connectivity index is 2.50. The third-order valence-electron chi connectivity index (χ3n) is 3.73. The van der Waals surface area contributed by atoms with Crippen LogP contribution in [0, 0.1) is 5.92 Å². The molecule has 0 aromatic carbocycles. The number of nitrogens with zero attached hydrogens (tertiary/aromatic N) is 1. The molecule has 3 nitrogen and oxygen atoms in total. The number of nitrogens with one attached hydrogen (secondary N) is 1. The van der Waals surface area contributed by atoms with E-state index in [2.05, 4.69) is 37.9 Å². The van der Waals surface area contributed by atoms with Crippen LogP contribution in [0.1, 0.15) is 34.1 Å². The van der Waals surface area contributed by atoms with E-state index in [1.54, 1.807) is 7.11 Å².